The van der Waals surface area contributed by atoms with Crippen molar-refractivity contribution in [1.82, 2.24) is 4.98 Å². The predicted molar refractivity (Wildman–Crippen MR) is 99.6 cm³/mol. The van der Waals surface area contributed by atoms with E-state index in [1.54, 1.807) is 48.7 Å². The lowest BCUT2D eigenvalue weighted by molar-refractivity contribution is -0.149. The van der Waals surface area contributed by atoms with Gasteiger partial charge in [-0.25, -0.2) is 0 Å². The molecule has 0 aliphatic rings. The number of nitrogens with zero attached hydrogens (tertiary/aromatic N) is 1. The van der Waals surface area contributed by atoms with Gasteiger partial charge in [-0.1, -0.05) is 48.5 Å². The van der Waals surface area contributed by atoms with E-state index in [1.807, 2.05) is 0 Å². The van der Waals surface area contributed by atoms with Crippen molar-refractivity contribution in [2.45, 2.75) is 24.8 Å². The number of benzene rings is 2. The second-order valence-electron chi connectivity index (χ2n) is 6.43. The maximum Gasteiger partial charge on any atom is 0.416 e. The van der Waals surface area contributed by atoms with Crippen molar-refractivity contribution in [3.05, 3.63) is 101 Å². The van der Waals surface area contributed by atoms with Gasteiger partial charge in [-0.3, -0.25) is 9.78 Å². The first-order valence-corrected chi connectivity index (χ1v) is 8.82. The van der Waals surface area contributed by atoms with Crippen molar-refractivity contribution in [3.8, 4) is 0 Å². The number of hydrogen-bond acceptors (Lipinski definition) is 4. The van der Waals surface area contributed by atoms with Gasteiger partial charge in [0.1, 0.15) is 12.5 Å². The molecule has 3 aromatic rings. The molecule has 0 saturated heterocycles. The monoisotopic (exact) mass is 401 g/mol. The van der Waals surface area contributed by atoms with Crippen LogP contribution in [0.3, 0.4) is 0 Å². The Balaban J connectivity index is 1.81. The lowest BCUT2D eigenvalue weighted by Gasteiger charge is -2.22. The summed E-state index contributed by atoms with van der Waals surface area (Å²) in [7, 11) is 0. The summed E-state index contributed by atoms with van der Waals surface area (Å²) in [5, 5.41) is 10.8. The van der Waals surface area contributed by atoms with Crippen molar-refractivity contribution in [3.63, 3.8) is 0 Å². The zero-order chi connectivity index (χ0) is 20.9. The van der Waals surface area contributed by atoms with Gasteiger partial charge in [0.2, 0.25) is 0 Å². The zero-order valence-corrected chi connectivity index (χ0v) is 15.2. The van der Waals surface area contributed by atoms with E-state index >= 15 is 0 Å². The first kappa shape index (κ1) is 20.5. The van der Waals surface area contributed by atoms with Gasteiger partial charge in [-0.05, 0) is 29.3 Å². The molecule has 4 nitrogen and oxygen atoms in total. The molecular formula is C22H18F3NO3. The quantitative estimate of drug-likeness (QED) is 0.611. The van der Waals surface area contributed by atoms with Crippen molar-refractivity contribution in [2.75, 3.05) is 0 Å². The van der Waals surface area contributed by atoms with E-state index in [1.165, 1.54) is 18.3 Å². The van der Waals surface area contributed by atoms with Gasteiger partial charge in [0.15, 0.2) is 0 Å². The second kappa shape index (κ2) is 8.87. The van der Waals surface area contributed by atoms with E-state index in [0.29, 0.717) is 11.1 Å². The number of pyridine rings is 1. The molecule has 0 radical (unpaired) electrons. The first-order valence-electron chi connectivity index (χ1n) is 8.82. The fourth-order valence-corrected chi connectivity index (χ4v) is 2.93. The van der Waals surface area contributed by atoms with Crippen LogP contribution in [-0.4, -0.2) is 16.1 Å². The number of aliphatic hydroxyl groups excluding tert-OH is 1. The van der Waals surface area contributed by atoms with Crippen molar-refractivity contribution in [2.24, 2.45) is 0 Å². The van der Waals surface area contributed by atoms with Gasteiger partial charge < -0.3 is 9.84 Å². The third-order valence-electron chi connectivity index (χ3n) is 4.39. The predicted octanol–water partition coefficient (Wildman–Crippen LogP) is 4.66. The molecule has 0 fully saturated rings. The average Bonchev–Trinajstić information content (AvgIpc) is 2.73. The van der Waals surface area contributed by atoms with E-state index in [-0.39, 0.29) is 12.2 Å². The minimum absolute atomic E-state index is 0.204. The minimum atomic E-state index is -4.48. The molecule has 3 rings (SSSR count). The van der Waals surface area contributed by atoms with Gasteiger partial charge >= 0.3 is 12.1 Å². The summed E-state index contributed by atoms with van der Waals surface area (Å²) in [6.45, 7) is -0.341. The lowest BCUT2D eigenvalue weighted by atomic mass is 9.90. The van der Waals surface area contributed by atoms with Crippen LogP contribution in [0.4, 0.5) is 13.2 Å². The number of aromatic nitrogens is 1. The Kier molecular flexibility index (Phi) is 6.29. The van der Waals surface area contributed by atoms with Crippen LogP contribution in [0.2, 0.25) is 0 Å². The van der Waals surface area contributed by atoms with E-state index in [9.17, 15) is 23.1 Å². The number of esters is 1. The Labute approximate surface area is 165 Å². The van der Waals surface area contributed by atoms with Crippen LogP contribution in [-0.2, 0) is 22.3 Å². The molecule has 150 valence electrons. The second-order valence-corrected chi connectivity index (χ2v) is 6.43. The molecule has 0 amide bonds. The largest absolute Gasteiger partial charge is 0.460 e. The number of carbonyl (C=O) groups excluding carboxylic acids is 1. The summed E-state index contributed by atoms with van der Waals surface area (Å²) in [4.78, 5) is 16.7. The number of hydrogen-bond donors (Lipinski definition) is 1. The molecule has 0 aliphatic carbocycles. The van der Waals surface area contributed by atoms with Crippen molar-refractivity contribution >= 4 is 5.97 Å². The number of rotatable bonds is 6. The van der Waals surface area contributed by atoms with Crippen molar-refractivity contribution in [1.29, 1.82) is 0 Å². The molecule has 0 spiro atoms. The highest BCUT2D eigenvalue weighted by molar-refractivity contribution is 5.79. The third-order valence-corrected chi connectivity index (χ3v) is 4.39. The third kappa shape index (κ3) is 5.20. The summed E-state index contributed by atoms with van der Waals surface area (Å²) >= 11 is 0. The summed E-state index contributed by atoms with van der Waals surface area (Å²) in [6.07, 6.45) is -2.72. The maximum absolute atomic E-state index is 12.9. The normalized spacial score (nSPS) is 13.5. The standard InChI is InChI=1S/C22H18F3NO3/c23-22(24,25)18-10-4-6-15(12-18)14-29-21(28)19(16-7-2-1-3-8-16)20(27)17-9-5-11-26-13-17/h1-13,19-20,27H,14H2/t19-,20-/m0/s1. The molecule has 2 atom stereocenters. The van der Waals surface area contributed by atoms with Crippen LogP contribution >= 0.6 is 0 Å². The Morgan fingerprint density at radius 2 is 1.72 bits per heavy atom. The molecule has 1 N–H and O–H groups in total. The van der Waals surface area contributed by atoms with Crippen LogP contribution in [0.25, 0.3) is 0 Å². The maximum atomic E-state index is 12.9. The van der Waals surface area contributed by atoms with Gasteiger partial charge in [0.25, 0.3) is 0 Å². The number of carbonyl (C=O) groups is 1. The Morgan fingerprint density at radius 1 is 1.00 bits per heavy atom. The van der Waals surface area contributed by atoms with Gasteiger partial charge in [0, 0.05) is 18.0 Å². The van der Waals surface area contributed by atoms with Crippen LogP contribution < -0.4 is 0 Å². The molecule has 0 unspecified atom stereocenters. The zero-order valence-electron chi connectivity index (χ0n) is 15.2. The fraction of sp³-hybridized carbons (Fsp3) is 0.182. The molecule has 0 bridgehead atoms. The highest BCUT2D eigenvalue weighted by atomic mass is 19.4. The summed E-state index contributed by atoms with van der Waals surface area (Å²) < 4.78 is 43.9. The van der Waals surface area contributed by atoms with Crippen LogP contribution in [0.1, 0.15) is 34.3 Å². The van der Waals surface area contributed by atoms with Gasteiger partial charge in [0.05, 0.1) is 11.7 Å². The van der Waals surface area contributed by atoms with Gasteiger partial charge in [-0.2, -0.15) is 13.2 Å². The lowest BCUT2D eigenvalue weighted by Crippen LogP contribution is -2.23. The topological polar surface area (TPSA) is 59.4 Å². The van der Waals surface area contributed by atoms with Crippen LogP contribution in [0.15, 0.2) is 79.1 Å². The molecule has 29 heavy (non-hydrogen) atoms. The highest BCUT2D eigenvalue weighted by Crippen LogP contribution is 2.33. The highest BCUT2D eigenvalue weighted by Gasteiger charge is 2.32. The smallest absolute Gasteiger partial charge is 0.416 e. The number of aliphatic hydroxyl groups is 1. The average molecular weight is 401 g/mol. The molecule has 1 aromatic heterocycles. The van der Waals surface area contributed by atoms with E-state index in [4.69, 9.17) is 4.74 Å². The fourth-order valence-electron chi connectivity index (χ4n) is 2.93. The molecule has 2 aromatic carbocycles. The molecule has 7 heteroatoms. The SMILES string of the molecule is O=C(OCc1cccc(C(F)(F)F)c1)[C@@H](c1ccccc1)[C@@H](O)c1cccnc1. The molecule has 0 saturated carbocycles. The Hall–Kier alpha value is -3.19. The Bertz CT molecular complexity index is 946. The molecule has 0 aliphatic heterocycles. The van der Waals surface area contributed by atoms with Crippen molar-refractivity contribution < 1.29 is 27.8 Å². The molecular weight excluding hydrogens is 383 g/mol. The number of alkyl halides is 3. The van der Waals surface area contributed by atoms with E-state index in [2.05, 4.69) is 4.98 Å². The number of ether oxygens (including phenoxy) is 1. The first-order chi connectivity index (χ1) is 13.9. The summed E-state index contributed by atoms with van der Waals surface area (Å²) in [5.41, 5.74) is 0.340. The minimum Gasteiger partial charge on any atom is -0.460 e. The van der Waals surface area contributed by atoms with Crippen LogP contribution in [0.5, 0.6) is 0 Å². The molecule has 1 heterocycles. The Morgan fingerprint density at radius 3 is 2.38 bits per heavy atom. The van der Waals surface area contributed by atoms with Crippen LogP contribution in [0, 0.1) is 0 Å². The number of halogens is 3. The van der Waals surface area contributed by atoms with E-state index in [0.717, 1.165) is 12.1 Å². The van der Waals surface area contributed by atoms with E-state index < -0.39 is 29.7 Å². The summed E-state index contributed by atoms with van der Waals surface area (Å²) in [6, 6.07) is 16.4. The summed E-state index contributed by atoms with van der Waals surface area (Å²) in [5.74, 6) is -1.80. The van der Waals surface area contributed by atoms with Gasteiger partial charge in [-0.15, -0.1) is 0 Å².